The van der Waals surface area contributed by atoms with Crippen molar-refractivity contribution in [3.8, 4) is 22.8 Å². The molecule has 2 fully saturated rings. The van der Waals surface area contributed by atoms with Crippen molar-refractivity contribution in [3.05, 3.63) is 76.7 Å². The zero-order valence-corrected chi connectivity index (χ0v) is 27.2. The van der Waals surface area contributed by atoms with Gasteiger partial charge in [-0.15, -0.1) is 0 Å². The second-order valence-electron chi connectivity index (χ2n) is 13.1. The van der Waals surface area contributed by atoms with Gasteiger partial charge in [0.05, 0.1) is 32.4 Å². The maximum absolute atomic E-state index is 15.3. The number of carboxylic acids is 1. The fourth-order valence-electron chi connectivity index (χ4n) is 7.56. The topological polar surface area (TPSA) is 90.4 Å². The minimum Gasteiger partial charge on any atom is -0.485 e. The molecule has 1 saturated carbocycles. The lowest BCUT2D eigenvalue weighted by Gasteiger charge is -2.32. The molecule has 3 aromatic rings. The predicted octanol–water partition coefficient (Wildman–Crippen LogP) is 6.80. The lowest BCUT2D eigenvalue weighted by molar-refractivity contribution is -0.142. The molecule has 1 N–H and O–H groups in total. The van der Waals surface area contributed by atoms with E-state index in [4.69, 9.17) is 18.9 Å². The average molecular weight is 633 g/mol. The number of carbonyl (C=O) groups is 1. The summed E-state index contributed by atoms with van der Waals surface area (Å²) in [6, 6.07) is 14.6. The number of aliphatic carboxylic acids is 1. The Morgan fingerprint density at radius 2 is 1.74 bits per heavy atom. The molecule has 0 radical (unpaired) electrons. The van der Waals surface area contributed by atoms with Gasteiger partial charge in [0.1, 0.15) is 17.7 Å². The number of pyridine rings is 1. The quantitative estimate of drug-likeness (QED) is 0.220. The monoisotopic (exact) mass is 632 g/mol. The first-order valence-corrected chi connectivity index (χ1v) is 16.4. The molecule has 46 heavy (non-hydrogen) atoms. The highest BCUT2D eigenvalue weighted by atomic mass is 19.1. The molecule has 8 nitrogen and oxygen atoms in total. The number of hydrogen-bond acceptors (Lipinski definition) is 7. The summed E-state index contributed by atoms with van der Waals surface area (Å²) in [5, 5.41) is 9.81. The van der Waals surface area contributed by atoms with E-state index in [0.29, 0.717) is 37.1 Å². The van der Waals surface area contributed by atoms with Crippen molar-refractivity contribution < 1.29 is 33.2 Å². The summed E-state index contributed by atoms with van der Waals surface area (Å²) in [6.07, 6.45) is 6.82. The summed E-state index contributed by atoms with van der Waals surface area (Å²) in [5.74, 6) is -0.0660. The Bertz CT molecular complexity index is 1530. The first-order chi connectivity index (χ1) is 22.3. The first-order valence-electron chi connectivity index (χ1n) is 16.4. The van der Waals surface area contributed by atoms with Crippen molar-refractivity contribution in [1.29, 1.82) is 0 Å². The van der Waals surface area contributed by atoms with Crippen molar-refractivity contribution in [1.82, 2.24) is 9.88 Å². The Kier molecular flexibility index (Phi) is 9.92. The third-order valence-corrected chi connectivity index (χ3v) is 10.2. The van der Waals surface area contributed by atoms with Crippen LogP contribution in [0.25, 0.3) is 11.1 Å². The molecule has 3 aliphatic rings. The number of aryl methyl sites for hydroxylation is 1. The van der Waals surface area contributed by atoms with Crippen molar-refractivity contribution in [2.24, 2.45) is 11.8 Å². The van der Waals surface area contributed by atoms with Gasteiger partial charge in [0, 0.05) is 44.5 Å². The van der Waals surface area contributed by atoms with E-state index in [1.807, 2.05) is 19.1 Å². The summed E-state index contributed by atoms with van der Waals surface area (Å²) in [6.45, 7) is 3.63. The number of halogens is 1. The lowest BCUT2D eigenvalue weighted by Crippen LogP contribution is -2.40. The molecule has 3 heterocycles. The highest BCUT2D eigenvalue weighted by Gasteiger charge is 2.39. The third kappa shape index (κ3) is 6.77. The SMILES string of the molecule is COC[C@H]1CC[C@H](COC)N1Cc1cc(C2CCc3ccc([C@H](C4CC4)[C@H](C)C(=O)O)cc3O2)ccc1-c1cc(OC)ncc1F. The number of carboxylic acid groups (broad SMARTS) is 1. The fourth-order valence-corrected chi connectivity index (χ4v) is 7.56. The van der Waals surface area contributed by atoms with Crippen molar-refractivity contribution in [2.75, 3.05) is 34.5 Å². The molecule has 5 atom stereocenters. The molecule has 0 bridgehead atoms. The number of methoxy groups -OCH3 is 3. The minimum absolute atomic E-state index is 0.0227. The second kappa shape index (κ2) is 14.1. The van der Waals surface area contributed by atoms with Crippen LogP contribution in [0.15, 0.2) is 48.7 Å². The van der Waals surface area contributed by atoms with Gasteiger partial charge >= 0.3 is 5.97 Å². The average Bonchev–Trinajstić information content (AvgIpc) is 3.83. The molecule has 246 valence electrons. The number of likely N-dealkylation sites (tertiary alicyclic amines) is 1. The van der Waals surface area contributed by atoms with Gasteiger partial charge in [-0.05, 0) is 84.2 Å². The summed E-state index contributed by atoms with van der Waals surface area (Å²) >= 11 is 0. The van der Waals surface area contributed by atoms with Gasteiger partial charge in [-0.1, -0.05) is 37.3 Å². The Hall–Kier alpha value is -3.53. The highest BCUT2D eigenvalue weighted by Crippen LogP contribution is 2.48. The molecule has 1 aliphatic carbocycles. The van der Waals surface area contributed by atoms with Crippen LogP contribution in [0.5, 0.6) is 11.6 Å². The number of ether oxygens (including phenoxy) is 4. The van der Waals surface area contributed by atoms with Crippen LogP contribution in [0.4, 0.5) is 4.39 Å². The number of nitrogens with zero attached hydrogens (tertiary/aromatic N) is 2. The van der Waals surface area contributed by atoms with E-state index in [-0.39, 0.29) is 24.1 Å². The van der Waals surface area contributed by atoms with E-state index in [1.165, 1.54) is 13.3 Å². The Morgan fingerprint density at radius 3 is 2.39 bits per heavy atom. The van der Waals surface area contributed by atoms with Crippen LogP contribution in [0.2, 0.25) is 0 Å². The maximum atomic E-state index is 15.3. The van der Waals surface area contributed by atoms with Crippen molar-refractivity contribution in [2.45, 2.75) is 76.1 Å². The number of fused-ring (bicyclic) bond motifs is 1. The molecule has 1 saturated heterocycles. The fraction of sp³-hybridized carbons (Fsp3) is 0.514. The van der Waals surface area contributed by atoms with Crippen LogP contribution in [0.3, 0.4) is 0 Å². The third-order valence-electron chi connectivity index (χ3n) is 10.2. The Morgan fingerprint density at radius 1 is 1.00 bits per heavy atom. The maximum Gasteiger partial charge on any atom is 0.306 e. The Labute approximate surface area is 270 Å². The molecular formula is C37H45FN2O6. The largest absolute Gasteiger partial charge is 0.485 e. The van der Waals surface area contributed by atoms with E-state index in [0.717, 1.165) is 72.1 Å². The van der Waals surface area contributed by atoms with Gasteiger partial charge in [-0.2, -0.15) is 0 Å². The zero-order chi connectivity index (χ0) is 32.4. The normalized spacial score (nSPS) is 22.6. The molecule has 0 spiro atoms. The summed E-state index contributed by atoms with van der Waals surface area (Å²) in [7, 11) is 4.98. The molecule has 2 aliphatic heterocycles. The molecule has 9 heteroatoms. The molecule has 1 unspecified atom stereocenters. The molecular weight excluding hydrogens is 587 g/mol. The van der Waals surface area contributed by atoms with E-state index >= 15 is 4.39 Å². The smallest absolute Gasteiger partial charge is 0.306 e. The van der Waals surface area contributed by atoms with Crippen LogP contribution >= 0.6 is 0 Å². The van der Waals surface area contributed by atoms with Crippen LogP contribution in [0, 0.1) is 17.7 Å². The van der Waals surface area contributed by atoms with Gasteiger partial charge in [0.2, 0.25) is 5.88 Å². The van der Waals surface area contributed by atoms with Gasteiger partial charge < -0.3 is 24.1 Å². The minimum atomic E-state index is -0.761. The molecule has 0 amide bonds. The summed E-state index contributed by atoms with van der Waals surface area (Å²) in [5.41, 5.74) is 5.42. The van der Waals surface area contributed by atoms with Crippen LogP contribution in [0.1, 0.15) is 73.3 Å². The van der Waals surface area contributed by atoms with Gasteiger partial charge in [-0.3, -0.25) is 9.69 Å². The zero-order valence-electron chi connectivity index (χ0n) is 27.2. The number of hydrogen-bond donors (Lipinski definition) is 1. The van der Waals surface area contributed by atoms with Gasteiger partial charge in [-0.25, -0.2) is 9.37 Å². The molecule has 2 aromatic carbocycles. The molecule has 1 aromatic heterocycles. The lowest BCUT2D eigenvalue weighted by atomic mass is 9.82. The summed E-state index contributed by atoms with van der Waals surface area (Å²) < 4.78 is 38.6. The van der Waals surface area contributed by atoms with Gasteiger partial charge in [0.15, 0.2) is 0 Å². The number of aromatic nitrogens is 1. The number of benzene rings is 2. The van der Waals surface area contributed by atoms with Crippen molar-refractivity contribution >= 4 is 5.97 Å². The Balaban J connectivity index is 1.35. The van der Waals surface area contributed by atoms with Crippen LogP contribution in [-0.2, 0) is 27.2 Å². The predicted molar refractivity (Wildman–Crippen MR) is 173 cm³/mol. The highest BCUT2D eigenvalue weighted by molar-refractivity contribution is 5.71. The van der Waals surface area contributed by atoms with Crippen molar-refractivity contribution in [3.63, 3.8) is 0 Å². The van der Waals surface area contributed by atoms with E-state index < -0.39 is 17.7 Å². The second-order valence-corrected chi connectivity index (χ2v) is 13.1. The van der Waals surface area contributed by atoms with E-state index in [9.17, 15) is 9.90 Å². The standard InChI is InChI=1S/C37H45FN2O6/c1-22(37(41)42)36(24-6-7-24)26-8-5-23-10-14-33(46-34(23)16-26)25-9-13-30(31-17-35(45-4)39-18-32(31)38)27(15-25)19-40-28(20-43-2)11-12-29(40)21-44-3/h5,8-9,13,15-18,22,24,28-29,33,36H,6-7,10-12,14,19-21H2,1-4H3,(H,41,42)/t22-,28+,29+,33?,36-/m0/s1. The molecule has 6 rings (SSSR count). The first kappa shape index (κ1) is 32.4. The van der Waals surface area contributed by atoms with Gasteiger partial charge in [0.25, 0.3) is 0 Å². The van der Waals surface area contributed by atoms with E-state index in [1.54, 1.807) is 20.3 Å². The van der Waals surface area contributed by atoms with Crippen LogP contribution < -0.4 is 9.47 Å². The van der Waals surface area contributed by atoms with Crippen LogP contribution in [-0.4, -0.2) is 67.6 Å². The number of rotatable bonds is 13. The van der Waals surface area contributed by atoms with E-state index in [2.05, 4.69) is 34.1 Å². The summed E-state index contributed by atoms with van der Waals surface area (Å²) in [4.78, 5) is 18.4.